The monoisotopic (exact) mass is 472 g/mol. The summed E-state index contributed by atoms with van der Waals surface area (Å²) in [5.41, 5.74) is 5.32. The molecule has 0 radical (unpaired) electrons. The van der Waals surface area contributed by atoms with E-state index in [1.54, 1.807) is 30.6 Å². The van der Waals surface area contributed by atoms with Crippen LogP contribution < -0.4 is 10.6 Å². The van der Waals surface area contributed by atoms with Crippen molar-refractivity contribution in [3.8, 4) is 0 Å². The van der Waals surface area contributed by atoms with Gasteiger partial charge in [-0.1, -0.05) is 36.4 Å². The lowest BCUT2D eigenvalue weighted by Crippen LogP contribution is -2.28. The summed E-state index contributed by atoms with van der Waals surface area (Å²) in [4.78, 5) is 30.2. The third kappa shape index (κ3) is 4.79. The van der Waals surface area contributed by atoms with Crippen molar-refractivity contribution in [2.75, 3.05) is 19.0 Å². The van der Waals surface area contributed by atoms with E-state index in [1.807, 2.05) is 22.8 Å². The average Bonchev–Trinajstić information content (AvgIpc) is 3.44. The van der Waals surface area contributed by atoms with Crippen LogP contribution in [0.1, 0.15) is 39.5 Å². The largest absolute Gasteiger partial charge is 0.375 e. The van der Waals surface area contributed by atoms with Crippen LogP contribution in [-0.4, -0.2) is 35.1 Å². The lowest BCUT2D eigenvalue weighted by Gasteiger charge is -2.16. The van der Waals surface area contributed by atoms with E-state index < -0.39 is 0 Å². The predicted molar refractivity (Wildman–Crippen MR) is 131 cm³/mol. The lowest BCUT2D eigenvalue weighted by molar-refractivity contribution is -0.119. The summed E-state index contributed by atoms with van der Waals surface area (Å²) in [5.74, 6) is -0.883. The smallest absolute Gasteiger partial charge is 0.254 e. The zero-order valence-electron chi connectivity index (χ0n) is 19.3. The first-order valence-electron chi connectivity index (χ1n) is 11.4. The molecule has 1 aliphatic carbocycles. The van der Waals surface area contributed by atoms with Gasteiger partial charge in [0.15, 0.2) is 0 Å². The van der Waals surface area contributed by atoms with Crippen LogP contribution in [0.15, 0.2) is 67.0 Å². The van der Waals surface area contributed by atoms with Gasteiger partial charge in [-0.15, -0.1) is 0 Å². The normalized spacial score (nSPS) is 14.6. The number of halogens is 1. The molecule has 3 aromatic carbocycles. The van der Waals surface area contributed by atoms with Gasteiger partial charge in [-0.3, -0.25) is 9.59 Å². The number of hydrogen-bond donors (Lipinski definition) is 2. The molecule has 8 heteroatoms. The van der Waals surface area contributed by atoms with Crippen molar-refractivity contribution in [3.05, 3.63) is 95.1 Å². The first-order chi connectivity index (χ1) is 17.0. The standard InChI is InChI=1S/C27H25FN4O3/c1-35-15-25(33)30-20-12-22(27(34)31-23-11-8-18-4-2-3-5-21(18)23)26-24(13-20)29-16-32(26)14-17-6-9-19(28)10-7-17/h2-7,9-10,12-13,16,23H,8,11,14-15H2,1H3,(H,30,33)(H,31,34)/t23-/m0/s1. The van der Waals surface area contributed by atoms with Crippen molar-refractivity contribution in [1.82, 2.24) is 14.9 Å². The van der Waals surface area contributed by atoms with E-state index >= 15 is 0 Å². The molecule has 2 N–H and O–H groups in total. The number of carbonyl (C=O) groups is 2. The van der Waals surface area contributed by atoms with Gasteiger partial charge in [-0.2, -0.15) is 0 Å². The number of imidazole rings is 1. The molecule has 0 spiro atoms. The molecule has 178 valence electrons. The molecule has 1 aliphatic rings. The molecule has 1 aromatic heterocycles. The second-order valence-corrected chi connectivity index (χ2v) is 8.64. The topological polar surface area (TPSA) is 85.2 Å². The van der Waals surface area contributed by atoms with E-state index in [2.05, 4.69) is 21.7 Å². The van der Waals surface area contributed by atoms with Crippen molar-refractivity contribution >= 4 is 28.5 Å². The zero-order valence-corrected chi connectivity index (χ0v) is 19.3. The number of aromatic nitrogens is 2. The minimum atomic E-state index is -0.325. The van der Waals surface area contributed by atoms with Crippen LogP contribution in [0.5, 0.6) is 0 Å². The quantitative estimate of drug-likeness (QED) is 0.422. The first kappa shape index (κ1) is 22.7. The predicted octanol–water partition coefficient (Wildman–Crippen LogP) is 4.23. The van der Waals surface area contributed by atoms with Crippen molar-refractivity contribution < 1.29 is 18.7 Å². The number of nitrogens with zero attached hydrogens (tertiary/aromatic N) is 2. The fourth-order valence-electron chi connectivity index (χ4n) is 4.63. The first-order valence-corrected chi connectivity index (χ1v) is 11.4. The number of carbonyl (C=O) groups excluding carboxylic acids is 2. The molecule has 7 nitrogen and oxygen atoms in total. The number of nitrogens with one attached hydrogen (secondary N) is 2. The van der Waals surface area contributed by atoms with Crippen LogP contribution in [0.2, 0.25) is 0 Å². The molecule has 0 aliphatic heterocycles. The Morgan fingerprint density at radius 2 is 1.94 bits per heavy atom. The Hall–Kier alpha value is -4.04. The summed E-state index contributed by atoms with van der Waals surface area (Å²) in [6.45, 7) is 0.316. The Balaban J connectivity index is 1.51. The minimum Gasteiger partial charge on any atom is -0.375 e. The Kier molecular flexibility index (Phi) is 6.29. The molecule has 5 rings (SSSR count). The number of benzene rings is 3. The Bertz CT molecular complexity index is 1400. The van der Waals surface area contributed by atoms with Crippen molar-refractivity contribution in [3.63, 3.8) is 0 Å². The highest BCUT2D eigenvalue weighted by atomic mass is 19.1. The van der Waals surface area contributed by atoms with Crippen LogP contribution in [0.4, 0.5) is 10.1 Å². The molecule has 1 heterocycles. The molecule has 0 saturated heterocycles. The van der Waals surface area contributed by atoms with E-state index in [0.29, 0.717) is 28.8 Å². The van der Waals surface area contributed by atoms with Crippen LogP contribution in [0.25, 0.3) is 11.0 Å². The number of fused-ring (bicyclic) bond motifs is 2. The number of amides is 2. The Morgan fingerprint density at radius 1 is 1.14 bits per heavy atom. The Morgan fingerprint density at radius 3 is 2.74 bits per heavy atom. The van der Waals surface area contributed by atoms with Gasteiger partial charge in [0.05, 0.1) is 29.0 Å². The molecule has 1 atom stereocenters. The number of anilines is 1. The average molecular weight is 473 g/mol. The highest BCUT2D eigenvalue weighted by Gasteiger charge is 2.26. The number of rotatable bonds is 7. The van der Waals surface area contributed by atoms with Gasteiger partial charge < -0.3 is 19.9 Å². The fraction of sp³-hybridized carbons (Fsp3) is 0.222. The summed E-state index contributed by atoms with van der Waals surface area (Å²) < 4.78 is 20.1. The Labute approximate surface area is 201 Å². The lowest BCUT2D eigenvalue weighted by atomic mass is 10.1. The fourth-order valence-corrected chi connectivity index (χ4v) is 4.63. The number of aryl methyl sites for hydroxylation is 1. The molecule has 0 saturated carbocycles. The second-order valence-electron chi connectivity index (χ2n) is 8.64. The number of methoxy groups -OCH3 is 1. The summed E-state index contributed by atoms with van der Waals surface area (Å²) in [7, 11) is 1.44. The highest BCUT2D eigenvalue weighted by Crippen LogP contribution is 2.32. The van der Waals surface area contributed by atoms with Crippen molar-refractivity contribution in [2.24, 2.45) is 0 Å². The van der Waals surface area contributed by atoms with E-state index in [4.69, 9.17) is 4.74 Å². The van der Waals surface area contributed by atoms with E-state index in [1.165, 1.54) is 24.8 Å². The van der Waals surface area contributed by atoms with E-state index in [0.717, 1.165) is 24.0 Å². The molecule has 0 bridgehead atoms. The van der Waals surface area contributed by atoms with Gasteiger partial charge in [0, 0.05) is 19.3 Å². The summed E-state index contributed by atoms with van der Waals surface area (Å²) in [6, 6.07) is 17.6. The second kappa shape index (κ2) is 9.68. The molecule has 0 fully saturated rings. The number of ether oxygens (including phenoxy) is 1. The maximum absolute atomic E-state index is 13.6. The van der Waals surface area contributed by atoms with Crippen LogP contribution in [-0.2, 0) is 22.5 Å². The number of hydrogen-bond acceptors (Lipinski definition) is 4. The van der Waals surface area contributed by atoms with Crippen LogP contribution >= 0.6 is 0 Å². The minimum absolute atomic E-state index is 0.0889. The third-order valence-corrected chi connectivity index (χ3v) is 6.22. The highest BCUT2D eigenvalue weighted by molar-refractivity contribution is 6.07. The molecule has 4 aromatic rings. The van der Waals surface area contributed by atoms with E-state index in [-0.39, 0.29) is 30.3 Å². The maximum Gasteiger partial charge on any atom is 0.254 e. The molecular formula is C27H25FN4O3. The summed E-state index contributed by atoms with van der Waals surface area (Å²) >= 11 is 0. The van der Waals surface area contributed by atoms with Crippen LogP contribution in [0, 0.1) is 5.82 Å². The molecule has 35 heavy (non-hydrogen) atoms. The van der Waals surface area contributed by atoms with Crippen molar-refractivity contribution in [1.29, 1.82) is 0 Å². The van der Waals surface area contributed by atoms with Gasteiger partial charge in [0.25, 0.3) is 5.91 Å². The maximum atomic E-state index is 13.6. The van der Waals surface area contributed by atoms with Gasteiger partial charge in [-0.25, -0.2) is 9.37 Å². The SMILES string of the molecule is COCC(=O)Nc1cc(C(=O)N[C@H]2CCc3ccccc32)c2c(c1)ncn2Cc1ccc(F)cc1. The molecule has 2 amide bonds. The van der Waals surface area contributed by atoms with Crippen LogP contribution in [0.3, 0.4) is 0 Å². The van der Waals surface area contributed by atoms with Gasteiger partial charge >= 0.3 is 0 Å². The zero-order chi connectivity index (χ0) is 24.4. The van der Waals surface area contributed by atoms with Gasteiger partial charge in [0.1, 0.15) is 12.4 Å². The van der Waals surface area contributed by atoms with E-state index in [9.17, 15) is 14.0 Å². The molecular weight excluding hydrogens is 447 g/mol. The molecule has 0 unspecified atom stereocenters. The third-order valence-electron chi connectivity index (χ3n) is 6.22. The van der Waals surface area contributed by atoms with Crippen molar-refractivity contribution in [2.45, 2.75) is 25.4 Å². The summed E-state index contributed by atoms with van der Waals surface area (Å²) in [5, 5.41) is 5.94. The van der Waals surface area contributed by atoms with Gasteiger partial charge in [0.2, 0.25) is 5.91 Å². The van der Waals surface area contributed by atoms with Gasteiger partial charge in [-0.05, 0) is 53.8 Å². The summed E-state index contributed by atoms with van der Waals surface area (Å²) in [6.07, 6.45) is 3.38.